The minimum Gasteiger partial charge on any atom is -0.351 e. The van der Waals surface area contributed by atoms with Gasteiger partial charge >= 0.3 is 4.87 Å². The minimum absolute atomic E-state index is 0.0962. The number of hydrogen-bond acceptors (Lipinski definition) is 5. The number of para-hydroxylation sites is 1. The summed E-state index contributed by atoms with van der Waals surface area (Å²) in [4.78, 5) is 29.9. The lowest BCUT2D eigenvalue weighted by Gasteiger charge is -2.33. The van der Waals surface area contributed by atoms with Crippen LogP contribution in [0, 0.1) is 0 Å². The van der Waals surface area contributed by atoms with Gasteiger partial charge in [0.1, 0.15) is 5.69 Å². The predicted molar refractivity (Wildman–Crippen MR) is 125 cm³/mol. The van der Waals surface area contributed by atoms with E-state index in [0.717, 1.165) is 27.8 Å². The fourth-order valence-electron chi connectivity index (χ4n) is 4.15. The number of carbonyl (C=O) groups excluding carboxylic acids is 1. The normalized spacial score (nSPS) is 15.6. The summed E-state index contributed by atoms with van der Waals surface area (Å²) < 4.78 is 30.1. The average molecular weight is 471 g/mol. The number of fused-ring (bicyclic) bond motifs is 2. The quantitative estimate of drug-likeness (QED) is 0.496. The molecule has 1 aliphatic heterocycles. The zero-order valence-corrected chi connectivity index (χ0v) is 19.1. The second kappa shape index (κ2) is 7.88. The largest absolute Gasteiger partial charge is 0.351 e. The summed E-state index contributed by atoms with van der Waals surface area (Å²) in [5, 5.41) is 0.965. The first-order valence-corrected chi connectivity index (χ1v) is 12.6. The van der Waals surface area contributed by atoms with Crippen LogP contribution < -0.4 is 4.87 Å². The molecule has 5 rings (SSSR count). The van der Waals surface area contributed by atoms with Crippen LogP contribution in [-0.4, -0.2) is 59.3 Å². The van der Waals surface area contributed by atoms with Crippen molar-refractivity contribution in [2.45, 2.75) is 18.4 Å². The Morgan fingerprint density at radius 2 is 1.81 bits per heavy atom. The van der Waals surface area contributed by atoms with Gasteiger partial charge in [0.15, 0.2) is 0 Å². The Balaban J connectivity index is 1.33. The van der Waals surface area contributed by atoms with E-state index in [0.29, 0.717) is 30.0 Å². The molecular formula is C22H22N4O4S2. The van der Waals surface area contributed by atoms with Crippen LogP contribution in [0.2, 0.25) is 0 Å². The fourth-order valence-corrected chi connectivity index (χ4v) is 6.66. The van der Waals surface area contributed by atoms with E-state index in [1.165, 1.54) is 4.31 Å². The van der Waals surface area contributed by atoms with Gasteiger partial charge in [-0.1, -0.05) is 29.5 Å². The summed E-state index contributed by atoms with van der Waals surface area (Å²) in [6, 6.07) is 14.3. The topological polar surface area (TPSA) is 95.5 Å². The Labute approximate surface area is 188 Å². The number of benzene rings is 2. The van der Waals surface area contributed by atoms with Gasteiger partial charge in [-0.05, 0) is 37.3 Å². The number of carbonyl (C=O) groups is 1. The van der Waals surface area contributed by atoms with E-state index in [-0.39, 0.29) is 28.8 Å². The van der Waals surface area contributed by atoms with Gasteiger partial charge in [0, 0.05) is 43.6 Å². The number of aromatic nitrogens is 2. The first-order chi connectivity index (χ1) is 15.4. The number of thiazole rings is 1. The molecule has 0 spiro atoms. The Bertz CT molecular complexity index is 1460. The molecule has 4 aromatic rings. The molecule has 0 atom stereocenters. The Morgan fingerprint density at radius 3 is 2.53 bits per heavy atom. The monoisotopic (exact) mass is 470 g/mol. The zero-order chi connectivity index (χ0) is 22.5. The van der Waals surface area contributed by atoms with Crippen molar-refractivity contribution in [1.82, 2.24) is 18.8 Å². The number of sulfonamides is 1. The van der Waals surface area contributed by atoms with Crippen LogP contribution >= 0.6 is 11.3 Å². The maximum Gasteiger partial charge on any atom is 0.308 e. The van der Waals surface area contributed by atoms with Crippen molar-refractivity contribution in [1.29, 1.82) is 0 Å². The van der Waals surface area contributed by atoms with Gasteiger partial charge in [-0.15, -0.1) is 0 Å². The molecule has 1 saturated heterocycles. The summed E-state index contributed by atoms with van der Waals surface area (Å²) in [6.07, 6.45) is 0. The smallest absolute Gasteiger partial charge is 0.308 e. The highest BCUT2D eigenvalue weighted by atomic mass is 32.2. The van der Waals surface area contributed by atoms with Gasteiger partial charge in [-0.2, -0.15) is 4.31 Å². The summed E-state index contributed by atoms with van der Waals surface area (Å²) in [6.45, 7) is 3.49. The Kier molecular flexibility index (Phi) is 5.15. The van der Waals surface area contributed by atoms with Crippen molar-refractivity contribution in [2.75, 3.05) is 26.2 Å². The molecule has 1 N–H and O–H groups in total. The number of nitrogens with zero attached hydrogens (tertiary/aromatic N) is 3. The summed E-state index contributed by atoms with van der Waals surface area (Å²) in [5.41, 5.74) is 2.14. The third-order valence-electron chi connectivity index (χ3n) is 5.88. The third kappa shape index (κ3) is 3.44. The molecule has 1 amide bonds. The molecule has 0 aliphatic carbocycles. The van der Waals surface area contributed by atoms with Crippen molar-refractivity contribution in [3.8, 4) is 0 Å². The van der Waals surface area contributed by atoms with E-state index in [4.69, 9.17) is 0 Å². The molecule has 32 heavy (non-hydrogen) atoms. The van der Waals surface area contributed by atoms with Crippen LogP contribution in [0.3, 0.4) is 0 Å². The van der Waals surface area contributed by atoms with E-state index in [1.807, 2.05) is 37.3 Å². The van der Waals surface area contributed by atoms with Crippen LogP contribution in [-0.2, 0) is 16.6 Å². The molecule has 1 aliphatic rings. The Morgan fingerprint density at radius 1 is 1.06 bits per heavy atom. The molecule has 8 nitrogen and oxygen atoms in total. The second-order valence-corrected chi connectivity index (χ2v) is 10.6. The second-order valence-electron chi connectivity index (χ2n) is 7.71. The summed E-state index contributed by atoms with van der Waals surface area (Å²) >= 11 is 1.05. The van der Waals surface area contributed by atoms with Gasteiger partial charge < -0.3 is 9.88 Å². The number of piperazine rings is 1. The zero-order valence-electron chi connectivity index (χ0n) is 17.4. The first-order valence-electron chi connectivity index (χ1n) is 10.4. The first kappa shape index (κ1) is 20.9. The van der Waals surface area contributed by atoms with E-state index >= 15 is 0 Å². The van der Waals surface area contributed by atoms with Crippen LogP contribution in [0.25, 0.3) is 21.1 Å². The van der Waals surface area contributed by atoms with Crippen molar-refractivity contribution in [2.24, 2.45) is 0 Å². The number of H-pyrrole nitrogens is 1. The number of aromatic amines is 1. The molecule has 0 unspecified atom stereocenters. The lowest BCUT2D eigenvalue weighted by Crippen LogP contribution is -2.50. The number of rotatable bonds is 4. The number of aryl methyl sites for hydroxylation is 1. The van der Waals surface area contributed by atoms with Gasteiger partial charge in [-0.25, -0.2) is 8.42 Å². The standard InChI is InChI=1S/C22H22N4O4S2/c1-2-26-19-8-7-16(14-20(19)31-22(26)28)32(29,30)25-11-9-24(10-12-25)21(27)18-13-15-5-3-4-6-17(15)23-18/h3-8,13-14,23H,2,9-12H2,1H3. The maximum atomic E-state index is 13.2. The molecular weight excluding hydrogens is 448 g/mol. The number of nitrogens with one attached hydrogen (secondary N) is 1. The molecule has 10 heteroatoms. The molecule has 2 aromatic carbocycles. The highest BCUT2D eigenvalue weighted by Gasteiger charge is 2.31. The lowest BCUT2D eigenvalue weighted by molar-refractivity contribution is 0.0693. The van der Waals surface area contributed by atoms with Crippen LogP contribution in [0.15, 0.2) is 58.2 Å². The molecule has 0 bridgehead atoms. The fraction of sp³-hybridized carbons (Fsp3) is 0.273. The van der Waals surface area contributed by atoms with Crippen LogP contribution in [0.5, 0.6) is 0 Å². The van der Waals surface area contributed by atoms with Gasteiger partial charge in [0.25, 0.3) is 5.91 Å². The molecule has 166 valence electrons. The van der Waals surface area contributed by atoms with Gasteiger partial charge in [0.2, 0.25) is 10.0 Å². The van der Waals surface area contributed by atoms with E-state index in [9.17, 15) is 18.0 Å². The number of amides is 1. The third-order valence-corrected chi connectivity index (χ3v) is 8.72. The minimum atomic E-state index is -3.72. The number of hydrogen-bond donors (Lipinski definition) is 1. The van der Waals surface area contributed by atoms with E-state index in [1.54, 1.807) is 27.7 Å². The average Bonchev–Trinajstić information content (AvgIpc) is 3.38. The Hall–Kier alpha value is -2.95. The van der Waals surface area contributed by atoms with Crippen molar-refractivity contribution >= 4 is 48.4 Å². The summed E-state index contributed by atoms with van der Waals surface area (Å²) in [5.74, 6) is -0.134. The predicted octanol–water partition coefficient (Wildman–Crippen LogP) is 2.71. The lowest BCUT2D eigenvalue weighted by atomic mass is 10.2. The van der Waals surface area contributed by atoms with Crippen LogP contribution in [0.1, 0.15) is 17.4 Å². The highest BCUT2D eigenvalue weighted by Crippen LogP contribution is 2.25. The molecule has 2 aromatic heterocycles. The SMILES string of the molecule is CCn1c(=O)sc2cc(S(=O)(=O)N3CCN(C(=O)c4cc5ccccc5[nH]4)CC3)ccc21. The highest BCUT2D eigenvalue weighted by molar-refractivity contribution is 7.89. The van der Waals surface area contributed by atoms with Gasteiger partial charge in [-0.3, -0.25) is 14.2 Å². The van der Waals surface area contributed by atoms with Crippen molar-refractivity contribution < 1.29 is 13.2 Å². The maximum absolute atomic E-state index is 13.2. The summed E-state index contributed by atoms with van der Waals surface area (Å²) in [7, 11) is -3.72. The molecule has 3 heterocycles. The molecule has 1 fully saturated rings. The van der Waals surface area contributed by atoms with E-state index in [2.05, 4.69) is 4.98 Å². The van der Waals surface area contributed by atoms with Crippen molar-refractivity contribution in [3.05, 3.63) is 63.9 Å². The molecule has 0 saturated carbocycles. The van der Waals surface area contributed by atoms with Crippen LogP contribution in [0.4, 0.5) is 0 Å². The van der Waals surface area contributed by atoms with E-state index < -0.39 is 10.0 Å². The van der Waals surface area contributed by atoms with Gasteiger partial charge in [0.05, 0.1) is 15.1 Å². The molecule has 0 radical (unpaired) electrons. The van der Waals surface area contributed by atoms with Crippen molar-refractivity contribution in [3.63, 3.8) is 0 Å².